The standard InChI is InChI=1S/C13H16N2O2/c1-3-11-5-7-13(17-11)12(16)6-4-10-8-14-15(2)9-10/h5,7-9H,3-4,6H2,1-2H3. The van der Waals surface area contributed by atoms with Gasteiger partial charge in [0.1, 0.15) is 5.76 Å². The average Bonchev–Trinajstić information content (AvgIpc) is 2.94. The Balaban J connectivity index is 1.93. The van der Waals surface area contributed by atoms with Crippen molar-refractivity contribution in [3.63, 3.8) is 0 Å². The van der Waals surface area contributed by atoms with Gasteiger partial charge in [-0.3, -0.25) is 9.48 Å². The minimum absolute atomic E-state index is 0.0496. The van der Waals surface area contributed by atoms with Crippen molar-refractivity contribution in [1.29, 1.82) is 0 Å². The fraction of sp³-hybridized carbons (Fsp3) is 0.385. The molecular weight excluding hydrogens is 216 g/mol. The second-order valence-corrected chi connectivity index (χ2v) is 4.06. The summed E-state index contributed by atoms with van der Waals surface area (Å²) in [5.74, 6) is 1.37. The molecule has 0 saturated carbocycles. The molecule has 0 fully saturated rings. The van der Waals surface area contributed by atoms with Crippen LogP contribution in [0.3, 0.4) is 0 Å². The molecule has 0 aromatic carbocycles. The van der Waals surface area contributed by atoms with Crippen LogP contribution in [-0.2, 0) is 19.9 Å². The van der Waals surface area contributed by atoms with Crippen LogP contribution in [0.15, 0.2) is 28.9 Å². The first-order valence-electron chi connectivity index (χ1n) is 5.78. The zero-order chi connectivity index (χ0) is 12.3. The van der Waals surface area contributed by atoms with E-state index in [0.29, 0.717) is 18.6 Å². The van der Waals surface area contributed by atoms with Gasteiger partial charge in [-0.05, 0) is 24.1 Å². The lowest BCUT2D eigenvalue weighted by Crippen LogP contribution is -1.99. The maximum atomic E-state index is 11.8. The van der Waals surface area contributed by atoms with Crippen molar-refractivity contribution in [2.75, 3.05) is 0 Å². The topological polar surface area (TPSA) is 48.0 Å². The van der Waals surface area contributed by atoms with Gasteiger partial charge in [0.15, 0.2) is 11.5 Å². The van der Waals surface area contributed by atoms with Crippen molar-refractivity contribution >= 4 is 5.78 Å². The van der Waals surface area contributed by atoms with Gasteiger partial charge in [-0.1, -0.05) is 6.92 Å². The third-order valence-corrected chi connectivity index (χ3v) is 2.68. The summed E-state index contributed by atoms with van der Waals surface area (Å²) < 4.78 is 7.16. The summed E-state index contributed by atoms with van der Waals surface area (Å²) in [5, 5.41) is 4.07. The van der Waals surface area contributed by atoms with E-state index in [0.717, 1.165) is 17.7 Å². The van der Waals surface area contributed by atoms with E-state index in [2.05, 4.69) is 5.10 Å². The fourth-order valence-electron chi connectivity index (χ4n) is 1.70. The largest absolute Gasteiger partial charge is 0.458 e. The third-order valence-electron chi connectivity index (χ3n) is 2.68. The number of carbonyl (C=O) groups is 1. The summed E-state index contributed by atoms with van der Waals surface area (Å²) in [4.78, 5) is 11.8. The van der Waals surface area contributed by atoms with E-state index < -0.39 is 0 Å². The molecule has 0 N–H and O–H groups in total. The van der Waals surface area contributed by atoms with Gasteiger partial charge in [0.25, 0.3) is 0 Å². The summed E-state index contributed by atoms with van der Waals surface area (Å²) in [6.07, 6.45) is 5.69. The Morgan fingerprint density at radius 3 is 2.88 bits per heavy atom. The number of hydrogen-bond donors (Lipinski definition) is 0. The Kier molecular flexibility index (Phi) is 3.42. The molecule has 0 aliphatic rings. The molecule has 0 amide bonds. The van der Waals surface area contributed by atoms with Gasteiger partial charge in [0.05, 0.1) is 6.20 Å². The van der Waals surface area contributed by atoms with Crippen LogP contribution in [0, 0.1) is 0 Å². The number of carbonyl (C=O) groups excluding carboxylic acids is 1. The first kappa shape index (κ1) is 11.6. The van der Waals surface area contributed by atoms with Crippen LogP contribution in [0.2, 0.25) is 0 Å². The quantitative estimate of drug-likeness (QED) is 0.744. The number of aryl methyl sites for hydroxylation is 3. The van der Waals surface area contributed by atoms with E-state index in [1.54, 1.807) is 16.9 Å². The van der Waals surface area contributed by atoms with Crippen LogP contribution in [-0.4, -0.2) is 15.6 Å². The summed E-state index contributed by atoms with van der Waals surface area (Å²) in [7, 11) is 1.87. The van der Waals surface area contributed by atoms with Crippen molar-refractivity contribution < 1.29 is 9.21 Å². The van der Waals surface area contributed by atoms with Crippen molar-refractivity contribution in [2.45, 2.75) is 26.2 Å². The van der Waals surface area contributed by atoms with Gasteiger partial charge in [-0.2, -0.15) is 5.10 Å². The summed E-state index contributed by atoms with van der Waals surface area (Å²) in [6, 6.07) is 3.61. The van der Waals surface area contributed by atoms with Gasteiger partial charge in [-0.25, -0.2) is 0 Å². The van der Waals surface area contributed by atoms with Crippen molar-refractivity contribution in [1.82, 2.24) is 9.78 Å². The van der Waals surface area contributed by atoms with E-state index in [-0.39, 0.29) is 5.78 Å². The maximum Gasteiger partial charge on any atom is 0.198 e. The first-order chi connectivity index (χ1) is 8.19. The number of furan rings is 1. The molecule has 0 aliphatic heterocycles. The lowest BCUT2D eigenvalue weighted by Gasteiger charge is -1.96. The van der Waals surface area contributed by atoms with Crippen LogP contribution >= 0.6 is 0 Å². The van der Waals surface area contributed by atoms with Crippen LogP contribution in [0.1, 0.15) is 35.2 Å². The van der Waals surface area contributed by atoms with Crippen LogP contribution in [0.5, 0.6) is 0 Å². The second kappa shape index (κ2) is 4.99. The van der Waals surface area contributed by atoms with Crippen LogP contribution < -0.4 is 0 Å². The molecule has 2 rings (SSSR count). The number of hydrogen-bond acceptors (Lipinski definition) is 3. The Hall–Kier alpha value is -1.84. The number of nitrogens with zero attached hydrogens (tertiary/aromatic N) is 2. The molecule has 0 bridgehead atoms. The molecular formula is C13H16N2O2. The Labute approximate surface area is 100 Å². The number of rotatable bonds is 5. The van der Waals surface area contributed by atoms with E-state index in [9.17, 15) is 4.79 Å². The average molecular weight is 232 g/mol. The predicted octanol–water partition coefficient (Wildman–Crippen LogP) is 2.39. The van der Waals surface area contributed by atoms with E-state index in [4.69, 9.17) is 4.42 Å². The van der Waals surface area contributed by atoms with E-state index in [1.807, 2.05) is 26.2 Å². The zero-order valence-electron chi connectivity index (χ0n) is 10.1. The van der Waals surface area contributed by atoms with Gasteiger partial charge < -0.3 is 4.42 Å². The molecule has 0 atom stereocenters. The highest BCUT2D eigenvalue weighted by molar-refractivity contribution is 5.93. The van der Waals surface area contributed by atoms with Crippen molar-refractivity contribution in [3.8, 4) is 0 Å². The van der Waals surface area contributed by atoms with E-state index >= 15 is 0 Å². The fourth-order valence-corrected chi connectivity index (χ4v) is 1.70. The monoisotopic (exact) mass is 232 g/mol. The molecule has 4 nitrogen and oxygen atoms in total. The second-order valence-electron chi connectivity index (χ2n) is 4.06. The molecule has 0 spiro atoms. The van der Waals surface area contributed by atoms with Gasteiger partial charge in [0.2, 0.25) is 0 Å². The normalized spacial score (nSPS) is 10.7. The lowest BCUT2D eigenvalue weighted by atomic mass is 10.1. The van der Waals surface area contributed by atoms with Gasteiger partial charge >= 0.3 is 0 Å². The summed E-state index contributed by atoms with van der Waals surface area (Å²) in [6.45, 7) is 2.00. The number of Topliss-reactive ketones (excluding diaryl/α,β-unsaturated/α-hetero) is 1. The van der Waals surface area contributed by atoms with E-state index in [1.165, 1.54) is 0 Å². The maximum absolute atomic E-state index is 11.8. The van der Waals surface area contributed by atoms with Crippen LogP contribution in [0.4, 0.5) is 0 Å². The van der Waals surface area contributed by atoms with Crippen LogP contribution in [0.25, 0.3) is 0 Å². The lowest BCUT2D eigenvalue weighted by molar-refractivity contribution is 0.0954. The highest BCUT2D eigenvalue weighted by Gasteiger charge is 2.11. The molecule has 90 valence electrons. The molecule has 0 saturated heterocycles. The SMILES string of the molecule is CCc1ccc(C(=O)CCc2cnn(C)c2)o1. The molecule has 2 heterocycles. The minimum Gasteiger partial charge on any atom is -0.458 e. The predicted molar refractivity (Wildman–Crippen MR) is 63.9 cm³/mol. The van der Waals surface area contributed by atoms with Crippen molar-refractivity contribution in [3.05, 3.63) is 41.6 Å². The van der Waals surface area contributed by atoms with Gasteiger partial charge in [-0.15, -0.1) is 0 Å². The molecule has 4 heteroatoms. The molecule has 0 radical (unpaired) electrons. The highest BCUT2D eigenvalue weighted by Crippen LogP contribution is 2.12. The van der Waals surface area contributed by atoms with Gasteiger partial charge in [0, 0.05) is 26.1 Å². The summed E-state index contributed by atoms with van der Waals surface area (Å²) in [5.41, 5.74) is 1.07. The smallest absolute Gasteiger partial charge is 0.198 e. The molecule has 2 aromatic rings. The Morgan fingerprint density at radius 1 is 1.47 bits per heavy atom. The molecule has 0 unspecified atom stereocenters. The molecule has 0 aliphatic carbocycles. The molecule has 17 heavy (non-hydrogen) atoms. The molecule has 2 aromatic heterocycles. The number of ketones is 1. The zero-order valence-corrected chi connectivity index (χ0v) is 10.1. The summed E-state index contributed by atoms with van der Waals surface area (Å²) >= 11 is 0. The minimum atomic E-state index is 0.0496. The Bertz CT molecular complexity index is 511. The Morgan fingerprint density at radius 2 is 2.29 bits per heavy atom. The number of aromatic nitrogens is 2. The van der Waals surface area contributed by atoms with Crippen molar-refractivity contribution in [2.24, 2.45) is 7.05 Å². The first-order valence-corrected chi connectivity index (χ1v) is 5.78. The highest BCUT2D eigenvalue weighted by atomic mass is 16.3. The third kappa shape index (κ3) is 2.84.